The van der Waals surface area contributed by atoms with Crippen LogP contribution in [-0.2, 0) is 9.59 Å². The second-order valence-electron chi connectivity index (χ2n) is 7.69. The number of carbonyl (C=O) groups excluding carboxylic acids is 3. The van der Waals surface area contributed by atoms with Crippen molar-refractivity contribution in [2.45, 2.75) is 19.3 Å². The van der Waals surface area contributed by atoms with Crippen molar-refractivity contribution in [3.63, 3.8) is 0 Å². The number of nitrogens with one attached hydrogen (secondary N) is 1. The largest absolute Gasteiger partial charge is 0.337 e. The zero-order chi connectivity index (χ0) is 22.7. The maximum Gasteiger partial charge on any atom is 0.258 e. The highest BCUT2D eigenvalue weighted by molar-refractivity contribution is 9.10. The van der Waals surface area contributed by atoms with Crippen LogP contribution in [0.4, 0.5) is 11.4 Å². The Kier molecular flexibility index (Phi) is 6.91. The lowest BCUT2D eigenvalue weighted by molar-refractivity contribution is -0.120. The molecular weight excluding hydrogens is 496 g/mol. The predicted molar refractivity (Wildman–Crippen MR) is 128 cm³/mol. The minimum Gasteiger partial charge on any atom is -0.337 e. The van der Waals surface area contributed by atoms with E-state index in [1.807, 2.05) is 12.1 Å². The minimum absolute atomic E-state index is 0.0918. The smallest absolute Gasteiger partial charge is 0.258 e. The molecular formula is C23H22BrClN4O3. The minimum atomic E-state index is -0.435. The van der Waals surface area contributed by atoms with Gasteiger partial charge in [0, 0.05) is 47.5 Å². The second kappa shape index (κ2) is 9.83. The summed E-state index contributed by atoms with van der Waals surface area (Å²) in [5.74, 6) is -0.333. The molecule has 9 heteroatoms. The van der Waals surface area contributed by atoms with Crippen molar-refractivity contribution in [1.82, 2.24) is 4.90 Å². The molecule has 2 heterocycles. The number of hydrogen-bond donors (Lipinski definition) is 1. The summed E-state index contributed by atoms with van der Waals surface area (Å²) in [6, 6.07) is 14.2. The molecule has 1 fully saturated rings. The van der Waals surface area contributed by atoms with Crippen LogP contribution in [0.25, 0.3) is 0 Å². The summed E-state index contributed by atoms with van der Waals surface area (Å²) >= 11 is 9.01. The van der Waals surface area contributed by atoms with Gasteiger partial charge in [-0.25, -0.2) is 5.01 Å². The summed E-state index contributed by atoms with van der Waals surface area (Å²) in [4.78, 5) is 39.5. The Morgan fingerprint density at radius 3 is 2.69 bits per heavy atom. The van der Waals surface area contributed by atoms with Crippen LogP contribution in [0.3, 0.4) is 0 Å². The number of alkyl halides is 1. The van der Waals surface area contributed by atoms with Crippen LogP contribution in [0.15, 0.2) is 58.1 Å². The fourth-order valence-corrected chi connectivity index (χ4v) is 4.35. The molecule has 2 aromatic rings. The monoisotopic (exact) mass is 516 g/mol. The van der Waals surface area contributed by atoms with E-state index in [0.29, 0.717) is 55.2 Å². The number of amides is 3. The summed E-state index contributed by atoms with van der Waals surface area (Å²) in [5.41, 5.74) is 2.66. The van der Waals surface area contributed by atoms with E-state index in [4.69, 9.17) is 11.6 Å². The summed E-state index contributed by atoms with van der Waals surface area (Å²) in [6.07, 6.45) is 1.54. The van der Waals surface area contributed by atoms with Crippen molar-refractivity contribution < 1.29 is 14.4 Å². The van der Waals surface area contributed by atoms with E-state index in [-0.39, 0.29) is 17.7 Å². The van der Waals surface area contributed by atoms with Crippen LogP contribution < -0.4 is 10.3 Å². The topological polar surface area (TPSA) is 82.1 Å². The molecule has 1 N–H and O–H groups in total. The molecule has 0 spiro atoms. The zero-order valence-electron chi connectivity index (χ0n) is 17.3. The molecule has 7 nitrogen and oxygen atoms in total. The van der Waals surface area contributed by atoms with E-state index in [9.17, 15) is 14.4 Å². The van der Waals surface area contributed by atoms with Gasteiger partial charge in [-0.2, -0.15) is 5.10 Å². The molecule has 1 unspecified atom stereocenters. The van der Waals surface area contributed by atoms with Crippen molar-refractivity contribution in [2.24, 2.45) is 11.0 Å². The van der Waals surface area contributed by atoms with Gasteiger partial charge in [0.2, 0.25) is 5.91 Å². The van der Waals surface area contributed by atoms with Crippen molar-refractivity contribution in [1.29, 1.82) is 0 Å². The third kappa shape index (κ3) is 4.86. The molecule has 166 valence electrons. The molecule has 0 saturated carbocycles. The standard InChI is InChI=1S/C23H22BrClN4O3/c24-16-4-1-3-15(13-16)22(31)28-12-10-20-19(14-28)23(32)29(27-20)18-8-6-17(7-9-18)26-21(30)5-2-11-25/h1,3-4,6-9,13,19H,2,5,10-12,14H2,(H,26,30). The predicted octanol–water partition coefficient (Wildman–Crippen LogP) is 4.27. The van der Waals surface area contributed by atoms with Gasteiger partial charge in [-0.1, -0.05) is 22.0 Å². The molecule has 2 aliphatic rings. The lowest BCUT2D eigenvalue weighted by atomic mass is 9.95. The fraction of sp³-hybridized carbons (Fsp3) is 0.304. The van der Waals surface area contributed by atoms with E-state index in [0.717, 1.165) is 10.2 Å². The van der Waals surface area contributed by atoms with Crippen LogP contribution in [0, 0.1) is 5.92 Å². The molecule has 0 aromatic heterocycles. The third-order valence-corrected chi connectivity index (χ3v) is 6.23. The summed E-state index contributed by atoms with van der Waals surface area (Å²) in [6.45, 7) is 0.837. The van der Waals surface area contributed by atoms with E-state index in [1.54, 1.807) is 41.3 Å². The Morgan fingerprint density at radius 1 is 1.19 bits per heavy atom. The number of nitrogens with zero attached hydrogens (tertiary/aromatic N) is 3. The highest BCUT2D eigenvalue weighted by atomic mass is 79.9. The number of benzene rings is 2. The molecule has 4 rings (SSSR count). The number of rotatable bonds is 6. The first kappa shape index (κ1) is 22.5. The van der Waals surface area contributed by atoms with Gasteiger partial charge in [0.15, 0.2) is 0 Å². The average molecular weight is 518 g/mol. The Hall–Kier alpha value is -2.71. The number of halogens is 2. The van der Waals surface area contributed by atoms with Crippen LogP contribution >= 0.6 is 27.5 Å². The first-order valence-electron chi connectivity index (χ1n) is 10.4. The number of piperidine rings is 1. The van der Waals surface area contributed by atoms with Gasteiger partial charge in [0.25, 0.3) is 11.8 Å². The summed E-state index contributed by atoms with van der Waals surface area (Å²) in [7, 11) is 0. The molecule has 0 radical (unpaired) electrons. The normalized spacial score (nSPS) is 17.8. The number of anilines is 2. The van der Waals surface area contributed by atoms with Crippen LogP contribution in [-0.4, -0.2) is 47.3 Å². The Bertz CT molecular complexity index is 1070. The van der Waals surface area contributed by atoms with Gasteiger partial charge in [0.05, 0.1) is 17.3 Å². The highest BCUT2D eigenvalue weighted by Gasteiger charge is 2.41. The molecule has 2 aliphatic heterocycles. The maximum atomic E-state index is 13.1. The quantitative estimate of drug-likeness (QED) is 0.581. The summed E-state index contributed by atoms with van der Waals surface area (Å²) in [5, 5.41) is 8.73. The van der Waals surface area contributed by atoms with E-state index in [1.165, 1.54) is 5.01 Å². The molecule has 1 atom stereocenters. The Labute approximate surface area is 199 Å². The number of hydrazone groups is 1. The van der Waals surface area contributed by atoms with Gasteiger partial charge in [0.1, 0.15) is 0 Å². The maximum absolute atomic E-state index is 13.1. The van der Waals surface area contributed by atoms with E-state index >= 15 is 0 Å². The van der Waals surface area contributed by atoms with Crippen molar-refractivity contribution in [3.05, 3.63) is 58.6 Å². The Morgan fingerprint density at radius 2 is 1.97 bits per heavy atom. The van der Waals surface area contributed by atoms with Crippen molar-refractivity contribution >= 4 is 62.3 Å². The second-order valence-corrected chi connectivity index (χ2v) is 8.99. The number of hydrogen-bond acceptors (Lipinski definition) is 4. The molecule has 2 aromatic carbocycles. The first-order valence-corrected chi connectivity index (χ1v) is 11.7. The van der Waals surface area contributed by atoms with E-state index < -0.39 is 5.92 Å². The van der Waals surface area contributed by atoms with Crippen molar-refractivity contribution in [2.75, 3.05) is 29.3 Å². The number of carbonyl (C=O) groups is 3. The summed E-state index contributed by atoms with van der Waals surface area (Å²) < 4.78 is 0.837. The molecule has 3 amide bonds. The van der Waals surface area contributed by atoms with Crippen LogP contribution in [0.1, 0.15) is 29.6 Å². The highest BCUT2D eigenvalue weighted by Crippen LogP contribution is 2.30. The molecule has 1 saturated heterocycles. The fourth-order valence-electron chi connectivity index (χ4n) is 3.82. The van der Waals surface area contributed by atoms with Gasteiger partial charge in [-0.3, -0.25) is 14.4 Å². The third-order valence-electron chi connectivity index (χ3n) is 5.47. The van der Waals surface area contributed by atoms with Crippen LogP contribution in [0.2, 0.25) is 0 Å². The van der Waals surface area contributed by atoms with Gasteiger partial charge < -0.3 is 10.2 Å². The molecule has 0 aliphatic carbocycles. The SMILES string of the molecule is O=C(CCCCl)Nc1ccc(N2N=C3CCN(C(=O)c4cccc(Br)c4)CC3C2=O)cc1. The lowest BCUT2D eigenvalue weighted by Gasteiger charge is -2.30. The number of likely N-dealkylation sites (tertiary alicyclic amines) is 1. The van der Waals surface area contributed by atoms with Gasteiger partial charge in [-0.05, 0) is 48.9 Å². The molecule has 0 bridgehead atoms. The van der Waals surface area contributed by atoms with E-state index in [2.05, 4.69) is 26.3 Å². The average Bonchev–Trinajstić information content (AvgIpc) is 3.13. The van der Waals surface area contributed by atoms with Crippen LogP contribution in [0.5, 0.6) is 0 Å². The van der Waals surface area contributed by atoms with Gasteiger partial charge >= 0.3 is 0 Å². The lowest BCUT2D eigenvalue weighted by Crippen LogP contribution is -2.46. The Balaban J connectivity index is 1.42. The molecule has 32 heavy (non-hydrogen) atoms. The van der Waals surface area contributed by atoms with Gasteiger partial charge in [-0.15, -0.1) is 11.6 Å². The number of fused-ring (bicyclic) bond motifs is 1. The van der Waals surface area contributed by atoms with Crippen molar-refractivity contribution in [3.8, 4) is 0 Å². The zero-order valence-corrected chi connectivity index (χ0v) is 19.6. The first-order chi connectivity index (χ1) is 15.5.